The number of amides is 1. The van der Waals surface area contributed by atoms with E-state index in [1.54, 1.807) is 36.4 Å². The van der Waals surface area contributed by atoms with Gasteiger partial charge in [-0.15, -0.1) is 0 Å². The minimum absolute atomic E-state index is 0.153. The molecule has 7 nitrogen and oxygen atoms in total. The van der Waals surface area contributed by atoms with Gasteiger partial charge in [-0.25, -0.2) is 14.0 Å². The van der Waals surface area contributed by atoms with Crippen LogP contribution in [0.3, 0.4) is 0 Å². The smallest absolute Gasteiger partial charge is 0.420 e. The Morgan fingerprint density at radius 3 is 2.00 bits per heavy atom. The van der Waals surface area contributed by atoms with Crippen LogP contribution in [0.2, 0.25) is 0 Å². The van der Waals surface area contributed by atoms with Gasteiger partial charge in [0.05, 0.1) is 17.7 Å². The average Bonchev–Trinajstić information content (AvgIpc) is 3.35. The van der Waals surface area contributed by atoms with E-state index in [9.17, 15) is 18.8 Å². The number of hydrogen-bond donors (Lipinski definition) is 2. The van der Waals surface area contributed by atoms with Gasteiger partial charge in [0.25, 0.3) is 5.91 Å². The van der Waals surface area contributed by atoms with E-state index < -0.39 is 17.6 Å². The molecule has 0 unspecified atom stereocenters. The van der Waals surface area contributed by atoms with Crippen LogP contribution < -0.4 is 11.1 Å². The number of carbonyl (C=O) groups is 2. The predicted molar refractivity (Wildman–Crippen MR) is 161 cm³/mol. The molecule has 6 rings (SSSR count). The molecule has 0 bridgehead atoms. The minimum atomic E-state index is -1.03. The van der Waals surface area contributed by atoms with E-state index in [2.05, 4.69) is 5.32 Å². The Hall–Kier alpha value is -5.76. The zero-order valence-corrected chi connectivity index (χ0v) is 22.8. The van der Waals surface area contributed by atoms with Gasteiger partial charge in [0.15, 0.2) is 5.58 Å². The van der Waals surface area contributed by atoms with Crippen LogP contribution in [0.1, 0.15) is 31.8 Å². The summed E-state index contributed by atoms with van der Waals surface area (Å²) in [7, 11) is 0. The molecule has 0 atom stereocenters. The normalized spacial score (nSPS) is 11.0. The van der Waals surface area contributed by atoms with Crippen LogP contribution in [0, 0.1) is 5.82 Å². The lowest BCUT2D eigenvalue weighted by atomic mass is 10.0. The maximum absolute atomic E-state index is 13.6. The highest BCUT2D eigenvalue weighted by atomic mass is 19.1. The van der Waals surface area contributed by atoms with E-state index in [-0.39, 0.29) is 35.6 Å². The van der Waals surface area contributed by atoms with Crippen molar-refractivity contribution in [2.75, 3.05) is 0 Å². The molecule has 0 radical (unpaired) electrons. The van der Waals surface area contributed by atoms with E-state index in [1.807, 2.05) is 54.6 Å². The number of carbonyl (C=O) groups excluding carboxylic acids is 1. The molecule has 0 aliphatic heterocycles. The van der Waals surface area contributed by atoms with Gasteiger partial charge in [-0.05, 0) is 69.8 Å². The van der Waals surface area contributed by atoms with Gasteiger partial charge in [-0.1, -0.05) is 78.9 Å². The number of nitrogens with one attached hydrogen (secondary N) is 1. The minimum Gasteiger partial charge on any atom is -0.478 e. The van der Waals surface area contributed by atoms with E-state index >= 15 is 0 Å². The quantitative estimate of drug-likeness (QED) is 0.210. The van der Waals surface area contributed by atoms with Crippen LogP contribution in [0.5, 0.6) is 0 Å². The Labute approximate surface area is 245 Å². The zero-order chi connectivity index (χ0) is 29.9. The van der Waals surface area contributed by atoms with Crippen LogP contribution in [0.25, 0.3) is 33.4 Å². The summed E-state index contributed by atoms with van der Waals surface area (Å²) in [5, 5.41) is 12.0. The lowest BCUT2D eigenvalue weighted by Gasteiger charge is -2.12. The highest BCUT2D eigenvalue weighted by molar-refractivity contribution is 6.06. The number of aromatic nitrogens is 1. The number of hydrogen-bond acceptors (Lipinski definition) is 4. The molecule has 212 valence electrons. The largest absolute Gasteiger partial charge is 0.478 e. The summed E-state index contributed by atoms with van der Waals surface area (Å²) in [4.78, 5) is 37.9. The number of nitrogens with zero attached hydrogens (tertiary/aromatic N) is 1. The van der Waals surface area contributed by atoms with Crippen molar-refractivity contribution in [3.63, 3.8) is 0 Å². The van der Waals surface area contributed by atoms with E-state index in [4.69, 9.17) is 9.52 Å². The fourth-order valence-electron chi connectivity index (χ4n) is 4.99. The van der Waals surface area contributed by atoms with Crippen LogP contribution in [-0.4, -0.2) is 21.6 Å². The summed E-state index contributed by atoms with van der Waals surface area (Å²) in [5.41, 5.74) is 5.94. The molecule has 0 fully saturated rings. The van der Waals surface area contributed by atoms with Gasteiger partial charge < -0.3 is 14.8 Å². The van der Waals surface area contributed by atoms with Crippen LogP contribution >= 0.6 is 0 Å². The number of oxazole rings is 1. The van der Waals surface area contributed by atoms with Crippen molar-refractivity contribution in [3.8, 4) is 22.3 Å². The molecular weight excluding hydrogens is 547 g/mol. The molecule has 0 aliphatic rings. The maximum Gasteiger partial charge on any atom is 0.420 e. The molecule has 0 saturated carbocycles. The van der Waals surface area contributed by atoms with Crippen LogP contribution in [-0.2, 0) is 13.1 Å². The highest BCUT2D eigenvalue weighted by Gasteiger charge is 2.21. The van der Waals surface area contributed by atoms with Crippen molar-refractivity contribution in [3.05, 3.63) is 154 Å². The molecule has 1 aromatic heterocycles. The van der Waals surface area contributed by atoms with Gasteiger partial charge >= 0.3 is 11.7 Å². The Kier molecular flexibility index (Phi) is 7.41. The average molecular weight is 573 g/mol. The second-order valence-electron chi connectivity index (χ2n) is 10.1. The second kappa shape index (κ2) is 11.6. The first-order valence-corrected chi connectivity index (χ1v) is 13.5. The van der Waals surface area contributed by atoms with Crippen LogP contribution in [0.15, 0.2) is 124 Å². The third-order valence-corrected chi connectivity index (χ3v) is 7.24. The monoisotopic (exact) mass is 572 g/mol. The summed E-state index contributed by atoms with van der Waals surface area (Å²) in [5.74, 6) is -2.34. The number of rotatable bonds is 8. The van der Waals surface area contributed by atoms with Gasteiger partial charge in [0.1, 0.15) is 11.3 Å². The number of aromatic carboxylic acids is 1. The fraction of sp³-hybridized carbons (Fsp3) is 0.0571. The molecule has 5 aromatic carbocycles. The topological polar surface area (TPSA) is 102 Å². The molecule has 0 spiro atoms. The maximum atomic E-state index is 13.6. The second-order valence-corrected chi connectivity index (χ2v) is 10.1. The highest BCUT2D eigenvalue weighted by Crippen LogP contribution is 2.29. The van der Waals surface area contributed by atoms with Gasteiger partial charge in [0.2, 0.25) is 0 Å². The summed E-state index contributed by atoms with van der Waals surface area (Å²) in [6, 6.07) is 33.0. The SMILES string of the molecule is O=C(O)c1ccc(CNC(=O)c2cc(-c3ccccc3)cc3oc(=O)n(Cc4ccc(-c5ccc(F)cc5)cc4)c23)cc1. The lowest BCUT2D eigenvalue weighted by Crippen LogP contribution is -2.24. The molecule has 8 heteroatoms. The molecule has 2 N–H and O–H groups in total. The number of carboxylic acids is 1. The summed E-state index contributed by atoms with van der Waals surface area (Å²) in [6.45, 7) is 0.319. The zero-order valence-electron chi connectivity index (χ0n) is 22.8. The Morgan fingerprint density at radius 2 is 1.35 bits per heavy atom. The van der Waals surface area contributed by atoms with E-state index in [0.717, 1.165) is 27.8 Å². The number of fused-ring (bicyclic) bond motifs is 1. The van der Waals surface area contributed by atoms with E-state index in [0.29, 0.717) is 11.1 Å². The summed E-state index contributed by atoms with van der Waals surface area (Å²) < 4.78 is 20.4. The summed E-state index contributed by atoms with van der Waals surface area (Å²) >= 11 is 0. The molecule has 0 aliphatic carbocycles. The van der Waals surface area contributed by atoms with Gasteiger partial charge in [-0.2, -0.15) is 0 Å². The van der Waals surface area contributed by atoms with Crippen molar-refractivity contribution in [1.82, 2.24) is 9.88 Å². The third kappa shape index (κ3) is 5.85. The Balaban J connectivity index is 1.35. The van der Waals surface area contributed by atoms with Crippen molar-refractivity contribution < 1.29 is 23.5 Å². The Bertz CT molecular complexity index is 1990. The lowest BCUT2D eigenvalue weighted by molar-refractivity contribution is 0.0696. The third-order valence-electron chi connectivity index (χ3n) is 7.24. The van der Waals surface area contributed by atoms with Crippen molar-refractivity contribution in [2.24, 2.45) is 0 Å². The summed E-state index contributed by atoms with van der Waals surface area (Å²) in [6.07, 6.45) is 0. The van der Waals surface area contributed by atoms with Crippen molar-refractivity contribution in [2.45, 2.75) is 13.1 Å². The standard InChI is InChI=1S/C35H25FN2O5/c36-29-16-14-26(15-17-29)25-10-8-23(9-11-25)21-38-32-30(33(39)37-20-22-6-12-27(13-7-22)34(40)41)18-28(19-31(32)43-35(38)42)24-4-2-1-3-5-24/h1-19H,20-21H2,(H,37,39)(H,40,41). The molecule has 43 heavy (non-hydrogen) atoms. The van der Waals surface area contributed by atoms with Gasteiger partial charge in [-0.3, -0.25) is 9.36 Å². The molecule has 1 amide bonds. The number of halogens is 1. The molecule has 1 heterocycles. The van der Waals surface area contributed by atoms with Gasteiger partial charge in [0, 0.05) is 6.54 Å². The first kappa shape index (κ1) is 27.4. The van der Waals surface area contributed by atoms with E-state index in [1.165, 1.54) is 28.8 Å². The number of carboxylic acid groups (broad SMARTS) is 1. The molecular formula is C35H25FN2O5. The molecule has 0 saturated heterocycles. The molecule has 6 aromatic rings. The number of benzene rings is 5. The predicted octanol–water partition coefficient (Wildman–Crippen LogP) is 6.74. The Morgan fingerprint density at radius 1 is 0.744 bits per heavy atom. The fourth-order valence-corrected chi connectivity index (χ4v) is 4.99. The van der Waals surface area contributed by atoms with Crippen molar-refractivity contribution in [1.29, 1.82) is 0 Å². The first-order valence-electron chi connectivity index (χ1n) is 13.5. The van der Waals surface area contributed by atoms with Crippen molar-refractivity contribution >= 4 is 23.0 Å². The first-order chi connectivity index (χ1) is 20.9. The van der Waals surface area contributed by atoms with Crippen LogP contribution in [0.4, 0.5) is 4.39 Å².